The number of thioether (sulfide) groups is 1. The summed E-state index contributed by atoms with van der Waals surface area (Å²) in [4.78, 5) is 21.8. The molecule has 0 atom stereocenters. The van der Waals surface area contributed by atoms with E-state index in [1.54, 1.807) is 24.3 Å². The molecule has 0 aliphatic heterocycles. The summed E-state index contributed by atoms with van der Waals surface area (Å²) in [6.45, 7) is 0.00344. The zero-order chi connectivity index (χ0) is 29.3. The Labute approximate surface area is 235 Å². The minimum atomic E-state index is -2.05. The summed E-state index contributed by atoms with van der Waals surface area (Å²) in [5.41, 5.74) is 6.85. The molecule has 2 aromatic heterocycles. The van der Waals surface area contributed by atoms with Crippen molar-refractivity contribution in [2.24, 2.45) is 0 Å². The molecule has 0 aliphatic carbocycles. The summed E-state index contributed by atoms with van der Waals surface area (Å²) in [5.74, 6) is -6.94. The van der Waals surface area contributed by atoms with Crippen LogP contribution >= 0.6 is 11.8 Å². The fourth-order valence-electron chi connectivity index (χ4n) is 4.23. The lowest BCUT2D eigenvalue weighted by atomic mass is 10.1. The number of fused-ring (bicyclic) bond motifs is 1. The number of benzene rings is 3. The maximum absolute atomic E-state index is 14.6. The first-order valence-corrected chi connectivity index (χ1v) is 13.4. The van der Waals surface area contributed by atoms with Gasteiger partial charge in [0.1, 0.15) is 29.3 Å². The molecular weight excluding hydrogens is 560 g/mol. The molecule has 0 bridgehead atoms. The van der Waals surface area contributed by atoms with E-state index in [2.05, 4.69) is 15.1 Å². The number of ether oxygens (including phenoxy) is 1. The summed E-state index contributed by atoms with van der Waals surface area (Å²) in [6, 6.07) is 16.4. The van der Waals surface area contributed by atoms with Crippen molar-refractivity contribution >= 4 is 34.5 Å². The highest BCUT2D eigenvalue weighted by molar-refractivity contribution is 7.98. The van der Waals surface area contributed by atoms with Crippen molar-refractivity contribution in [2.45, 2.75) is 11.4 Å². The minimum absolute atomic E-state index is 0.0588. The van der Waals surface area contributed by atoms with Crippen LogP contribution in [0.2, 0.25) is 0 Å². The topological polar surface area (TPSA) is 99.2 Å². The third-order valence-electron chi connectivity index (χ3n) is 6.30. The molecular formula is C28H22F4N6O2S. The van der Waals surface area contributed by atoms with E-state index in [1.807, 2.05) is 30.3 Å². The van der Waals surface area contributed by atoms with Crippen molar-refractivity contribution in [2.75, 3.05) is 25.6 Å². The molecule has 0 unspecified atom stereocenters. The number of likely N-dealkylation sites (N-methyl/N-ethyl adjacent to an activating group) is 1. The Morgan fingerprint density at radius 1 is 0.951 bits per heavy atom. The summed E-state index contributed by atoms with van der Waals surface area (Å²) >= 11 is 0.598. The van der Waals surface area contributed by atoms with E-state index in [1.165, 1.54) is 24.3 Å². The standard InChI is InChI=1S/C28H22F4N6O2S/c1-37(28(39)18-20(29)21(30)22(31)23(32)25(18)41-2)12-13-38-27-19(26(33)34-14-35-27)24(36-38)15-8-10-17(11-9-15)40-16-6-4-3-5-7-16/h3-11,14H,12-13H2,1-2H3,(H2,33,34,35). The van der Waals surface area contributed by atoms with Crippen molar-refractivity contribution in [3.8, 4) is 22.8 Å². The lowest BCUT2D eigenvalue weighted by molar-refractivity contribution is 0.0778. The lowest BCUT2D eigenvalue weighted by Gasteiger charge is -2.20. The molecule has 41 heavy (non-hydrogen) atoms. The zero-order valence-corrected chi connectivity index (χ0v) is 22.6. The number of rotatable bonds is 8. The highest BCUT2D eigenvalue weighted by Gasteiger charge is 2.30. The number of nitrogens with two attached hydrogens (primary N) is 1. The Morgan fingerprint density at radius 3 is 2.29 bits per heavy atom. The fourth-order valence-corrected chi connectivity index (χ4v) is 4.88. The predicted molar refractivity (Wildman–Crippen MR) is 147 cm³/mol. The van der Waals surface area contributed by atoms with Gasteiger partial charge in [0.2, 0.25) is 0 Å². The van der Waals surface area contributed by atoms with Crippen LogP contribution in [0.25, 0.3) is 22.3 Å². The first-order valence-electron chi connectivity index (χ1n) is 12.2. The number of carbonyl (C=O) groups excluding carboxylic acids is 1. The molecule has 210 valence electrons. The van der Waals surface area contributed by atoms with E-state index in [4.69, 9.17) is 10.5 Å². The van der Waals surface area contributed by atoms with Crippen LogP contribution in [0.5, 0.6) is 11.5 Å². The zero-order valence-electron chi connectivity index (χ0n) is 21.7. The Hall–Kier alpha value is -4.65. The number of hydrogen-bond donors (Lipinski definition) is 1. The molecule has 5 aromatic rings. The normalized spacial score (nSPS) is 11.2. The van der Waals surface area contributed by atoms with Crippen molar-refractivity contribution in [1.29, 1.82) is 0 Å². The van der Waals surface area contributed by atoms with Crippen molar-refractivity contribution in [3.63, 3.8) is 0 Å². The molecule has 0 fully saturated rings. The van der Waals surface area contributed by atoms with Crippen molar-refractivity contribution in [1.82, 2.24) is 24.6 Å². The Bertz CT molecular complexity index is 1750. The number of hydrogen-bond acceptors (Lipinski definition) is 7. The van der Waals surface area contributed by atoms with Gasteiger partial charge in [-0.3, -0.25) is 4.79 Å². The van der Waals surface area contributed by atoms with Gasteiger partial charge < -0.3 is 15.4 Å². The second-order valence-electron chi connectivity index (χ2n) is 8.86. The Kier molecular flexibility index (Phi) is 7.79. The second kappa shape index (κ2) is 11.5. The molecule has 13 heteroatoms. The quantitative estimate of drug-likeness (QED) is 0.105. The number of amides is 1. The maximum Gasteiger partial charge on any atom is 0.258 e. The molecule has 2 N–H and O–H groups in total. The third-order valence-corrected chi connectivity index (χ3v) is 7.09. The molecule has 0 radical (unpaired) electrons. The molecule has 0 saturated carbocycles. The molecule has 2 heterocycles. The largest absolute Gasteiger partial charge is 0.457 e. The predicted octanol–water partition coefficient (Wildman–Crippen LogP) is 5.92. The Balaban J connectivity index is 1.41. The van der Waals surface area contributed by atoms with E-state index in [0.29, 0.717) is 45.6 Å². The number of halogens is 4. The number of nitrogen functional groups attached to an aromatic ring is 1. The first kappa shape index (κ1) is 27.9. The maximum atomic E-state index is 14.6. The number of anilines is 1. The van der Waals surface area contributed by atoms with Crippen molar-refractivity contribution < 1.29 is 27.1 Å². The van der Waals surface area contributed by atoms with Gasteiger partial charge in [0.25, 0.3) is 5.91 Å². The first-order chi connectivity index (χ1) is 19.7. The van der Waals surface area contributed by atoms with Gasteiger partial charge in [-0.1, -0.05) is 18.2 Å². The summed E-state index contributed by atoms with van der Waals surface area (Å²) in [5, 5.41) is 5.12. The molecule has 5 rings (SSSR count). The van der Waals surface area contributed by atoms with Crippen LogP contribution in [0.1, 0.15) is 10.4 Å². The average molecular weight is 583 g/mol. The van der Waals surface area contributed by atoms with Gasteiger partial charge in [-0.05, 0) is 42.7 Å². The van der Waals surface area contributed by atoms with Crippen LogP contribution in [-0.2, 0) is 6.54 Å². The minimum Gasteiger partial charge on any atom is -0.457 e. The van der Waals surface area contributed by atoms with Crippen LogP contribution in [0.4, 0.5) is 23.4 Å². The van der Waals surface area contributed by atoms with E-state index in [-0.39, 0.29) is 18.9 Å². The van der Waals surface area contributed by atoms with Gasteiger partial charge in [-0.15, -0.1) is 11.8 Å². The molecule has 1 amide bonds. The number of para-hydroxylation sites is 1. The summed E-state index contributed by atoms with van der Waals surface area (Å²) in [7, 11) is 1.33. The van der Waals surface area contributed by atoms with Gasteiger partial charge in [0.15, 0.2) is 28.9 Å². The fraction of sp³-hybridized carbons (Fsp3) is 0.143. The van der Waals surface area contributed by atoms with Crippen LogP contribution in [0.15, 0.2) is 65.8 Å². The summed E-state index contributed by atoms with van der Waals surface area (Å²) in [6.07, 6.45) is 2.60. The van der Waals surface area contributed by atoms with Crippen LogP contribution in [0.3, 0.4) is 0 Å². The van der Waals surface area contributed by atoms with E-state index < -0.39 is 39.6 Å². The van der Waals surface area contributed by atoms with E-state index >= 15 is 0 Å². The number of aromatic nitrogens is 4. The van der Waals surface area contributed by atoms with E-state index in [0.717, 1.165) is 4.90 Å². The SMILES string of the molecule is CSc1c(F)c(F)c(F)c(F)c1C(=O)N(C)CCn1nc(-c2ccc(Oc3ccccc3)cc2)c2c(N)ncnc21. The van der Waals surface area contributed by atoms with Gasteiger partial charge in [-0.25, -0.2) is 32.2 Å². The third kappa shape index (κ3) is 5.27. The van der Waals surface area contributed by atoms with Crippen LogP contribution in [-0.4, -0.2) is 50.4 Å². The van der Waals surface area contributed by atoms with Crippen molar-refractivity contribution in [3.05, 3.63) is 89.8 Å². The molecule has 8 nitrogen and oxygen atoms in total. The van der Waals surface area contributed by atoms with Gasteiger partial charge in [-0.2, -0.15) is 5.10 Å². The Morgan fingerprint density at radius 2 is 1.61 bits per heavy atom. The number of carbonyl (C=O) groups is 1. The monoisotopic (exact) mass is 582 g/mol. The smallest absolute Gasteiger partial charge is 0.258 e. The lowest BCUT2D eigenvalue weighted by Crippen LogP contribution is -2.32. The van der Waals surface area contributed by atoms with E-state index in [9.17, 15) is 22.4 Å². The van der Waals surface area contributed by atoms with Crippen LogP contribution in [0, 0.1) is 23.3 Å². The highest BCUT2D eigenvalue weighted by atomic mass is 32.2. The van der Waals surface area contributed by atoms with Gasteiger partial charge in [0.05, 0.1) is 22.4 Å². The molecule has 0 saturated heterocycles. The highest BCUT2D eigenvalue weighted by Crippen LogP contribution is 2.33. The van der Waals surface area contributed by atoms with Crippen LogP contribution < -0.4 is 10.5 Å². The molecule has 0 spiro atoms. The molecule has 3 aromatic carbocycles. The number of nitrogens with zero attached hydrogens (tertiary/aromatic N) is 5. The van der Waals surface area contributed by atoms with Gasteiger partial charge in [0, 0.05) is 19.2 Å². The molecule has 0 aliphatic rings. The second-order valence-corrected chi connectivity index (χ2v) is 9.68. The average Bonchev–Trinajstić information content (AvgIpc) is 3.37. The summed E-state index contributed by atoms with van der Waals surface area (Å²) < 4.78 is 63.8. The van der Waals surface area contributed by atoms with Gasteiger partial charge >= 0.3 is 0 Å².